The molecule has 0 aliphatic rings. The molecule has 0 aliphatic heterocycles. The van der Waals surface area contributed by atoms with Crippen molar-refractivity contribution >= 4 is 5.91 Å². The molecule has 5 heteroatoms. The Hall–Kier alpha value is -3.60. The molecule has 2 aromatic carbocycles. The summed E-state index contributed by atoms with van der Waals surface area (Å²) in [5.41, 5.74) is 3.86. The molecule has 0 unspecified atom stereocenters. The number of aromatic nitrogens is 2. The number of carbonyl (C=O) groups is 1. The maximum absolute atomic E-state index is 13.0. The zero-order valence-corrected chi connectivity index (χ0v) is 14.9. The second kappa shape index (κ2) is 7.33. The van der Waals surface area contributed by atoms with Gasteiger partial charge in [0, 0.05) is 5.56 Å². The van der Waals surface area contributed by atoms with E-state index < -0.39 is 0 Å². The summed E-state index contributed by atoms with van der Waals surface area (Å²) in [5.74, 6) is 0.530. The molecule has 5 nitrogen and oxygen atoms in total. The number of amides is 1. The van der Waals surface area contributed by atoms with E-state index in [4.69, 9.17) is 4.42 Å². The second-order valence-corrected chi connectivity index (χ2v) is 6.18. The van der Waals surface area contributed by atoms with Gasteiger partial charge in [0.25, 0.3) is 5.91 Å². The Morgan fingerprint density at radius 2 is 1.70 bits per heavy atom. The Kier molecular flexibility index (Phi) is 4.58. The number of hydrogen-bond acceptors (Lipinski definition) is 3. The third-order valence-corrected chi connectivity index (χ3v) is 4.34. The van der Waals surface area contributed by atoms with Crippen LogP contribution in [0.3, 0.4) is 0 Å². The summed E-state index contributed by atoms with van der Waals surface area (Å²) >= 11 is 0. The van der Waals surface area contributed by atoms with Crippen LogP contribution in [0.5, 0.6) is 0 Å². The largest absolute Gasteiger partial charge is 0.467 e. The van der Waals surface area contributed by atoms with Crippen LogP contribution < -0.4 is 5.32 Å². The molecule has 0 saturated heterocycles. The minimum absolute atomic E-state index is 0.176. The molecule has 2 aromatic heterocycles. The fourth-order valence-corrected chi connectivity index (χ4v) is 3.09. The molecular weight excluding hydrogens is 338 g/mol. The standard InChI is InChI=1S/C22H19N3O2/c1-16-20(22(26)23-15-19-13-8-14-27-19)21(17-9-4-2-5-10-17)25(24-16)18-11-6-3-7-12-18/h2-14H,15H2,1H3,(H,23,26). The number of rotatable bonds is 5. The van der Waals surface area contributed by atoms with E-state index in [0.29, 0.717) is 23.6 Å². The Morgan fingerprint density at radius 3 is 2.37 bits per heavy atom. The number of hydrogen-bond donors (Lipinski definition) is 1. The van der Waals surface area contributed by atoms with E-state index in [2.05, 4.69) is 10.4 Å². The van der Waals surface area contributed by atoms with Crippen molar-refractivity contribution in [2.75, 3.05) is 0 Å². The van der Waals surface area contributed by atoms with E-state index >= 15 is 0 Å². The number of furan rings is 1. The fourth-order valence-electron chi connectivity index (χ4n) is 3.09. The van der Waals surface area contributed by atoms with E-state index in [1.165, 1.54) is 0 Å². The number of nitrogens with zero attached hydrogens (tertiary/aromatic N) is 2. The molecular formula is C22H19N3O2. The van der Waals surface area contributed by atoms with Crippen molar-refractivity contribution in [3.8, 4) is 16.9 Å². The molecule has 134 valence electrons. The number of aryl methyl sites for hydroxylation is 1. The first-order chi connectivity index (χ1) is 13.2. The van der Waals surface area contributed by atoms with Crippen LogP contribution in [-0.2, 0) is 6.54 Å². The summed E-state index contributed by atoms with van der Waals surface area (Å²) in [6.07, 6.45) is 1.59. The number of carbonyl (C=O) groups excluding carboxylic acids is 1. The maximum atomic E-state index is 13.0. The molecule has 0 fully saturated rings. The predicted octanol–water partition coefficient (Wildman–Crippen LogP) is 4.37. The van der Waals surface area contributed by atoms with Crippen LogP contribution in [-0.4, -0.2) is 15.7 Å². The van der Waals surface area contributed by atoms with Crippen molar-refractivity contribution in [1.29, 1.82) is 0 Å². The van der Waals surface area contributed by atoms with Gasteiger partial charge in [-0.15, -0.1) is 0 Å². The summed E-state index contributed by atoms with van der Waals surface area (Å²) in [4.78, 5) is 13.0. The van der Waals surface area contributed by atoms with E-state index in [1.54, 1.807) is 12.3 Å². The summed E-state index contributed by atoms with van der Waals surface area (Å²) in [5, 5.41) is 7.59. The van der Waals surface area contributed by atoms with Gasteiger partial charge in [0.1, 0.15) is 5.76 Å². The molecule has 0 atom stereocenters. The molecule has 1 amide bonds. The molecule has 1 N–H and O–H groups in total. The number of benzene rings is 2. The summed E-state index contributed by atoms with van der Waals surface area (Å²) in [6.45, 7) is 2.18. The van der Waals surface area contributed by atoms with Crippen LogP contribution >= 0.6 is 0 Å². The molecule has 0 spiro atoms. The monoisotopic (exact) mass is 357 g/mol. The summed E-state index contributed by atoms with van der Waals surface area (Å²) in [6, 6.07) is 23.3. The van der Waals surface area contributed by atoms with Gasteiger partial charge in [-0.2, -0.15) is 5.10 Å². The Morgan fingerprint density at radius 1 is 1.00 bits per heavy atom. The van der Waals surface area contributed by atoms with Crippen molar-refractivity contribution in [3.63, 3.8) is 0 Å². The van der Waals surface area contributed by atoms with Crippen LogP contribution in [0.15, 0.2) is 83.5 Å². The molecule has 27 heavy (non-hydrogen) atoms. The van der Waals surface area contributed by atoms with Crippen LogP contribution in [0, 0.1) is 6.92 Å². The minimum Gasteiger partial charge on any atom is -0.467 e. The highest BCUT2D eigenvalue weighted by molar-refractivity contribution is 6.01. The first-order valence-corrected chi connectivity index (χ1v) is 8.75. The van der Waals surface area contributed by atoms with Crippen molar-refractivity contribution in [1.82, 2.24) is 15.1 Å². The van der Waals surface area contributed by atoms with Crippen molar-refractivity contribution < 1.29 is 9.21 Å². The lowest BCUT2D eigenvalue weighted by atomic mass is 10.0. The summed E-state index contributed by atoms with van der Waals surface area (Å²) < 4.78 is 7.13. The Balaban J connectivity index is 1.79. The predicted molar refractivity (Wildman–Crippen MR) is 104 cm³/mol. The van der Waals surface area contributed by atoms with Crippen molar-refractivity contribution in [2.24, 2.45) is 0 Å². The van der Waals surface area contributed by atoms with Crippen LogP contribution in [0.1, 0.15) is 21.8 Å². The highest BCUT2D eigenvalue weighted by Crippen LogP contribution is 2.29. The van der Waals surface area contributed by atoms with Gasteiger partial charge in [0.05, 0.1) is 35.4 Å². The topological polar surface area (TPSA) is 60.1 Å². The third-order valence-electron chi connectivity index (χ3n) is 4.34. The maximum Gasteiger partial charge on any atom is 0.255 e. The van der Waals surface area contributed by atoms with E-state index in [0.717, 1.165) is 16.9 Å². The Labute approximate surface area is 157 Å². The van der Waals surface area contributed by atoms with Crippen LogP contribution in [0.25, 0.3) is 16.9 Å². The molecule has 0 saturated carbocycles. The van der Waals surface area contributed by atoms with Gasteiger partial charge in [0.2, 0.25) is 0 Å². The van der Waals surface area contributed by atoms with Gasteiger partial charge < -0.3 is 9.73 Å². The molecule has 4 aromatic rings. The SMILES string of the molecule is Cc1nn(-c2ccccc2)c(-c2ccccc2)c1C(=O)NCc1ccco1. The normalized spacial score (nSPS) is 10.7. The van der Waals surface area contributed by atoms with Crippen LogP contribution in [0.2, 0.25) is 0 Å². The van der Waals surface area contributed by atoms with Crippen molar-refractivity contribution in [2.45, 2.75) is 13.5 Å². The van der Waals surface area contributed by atoms with E-state index in [1.807, 2.05) is 78.3 Å². The highest BCUT2D eigenvalue weighted by Gasteiger charge is 2.23. The quantitative estimate of drug-likeness (QED) is 0.577. The fraction of sp³-hybridized carbons (Fsp3) is 0.0909. The first kappa shape index (κ1) is 16.8. The van der Waals surface area contributed by atoms with Crippen LogP contribution in [0.4, 0.5) is 0 Å². The van der Waals surface area contributed by atoms with Gasteiger partial charge in [-0.1, -0.05) is 48.5 Å². The molecule has 2 heterocycles. The van der Waals surface area contributed by atoms with Gasteiger partial charge in [-0.05, 0) is 31.2 Å². The number of para-hydroxylation sites is 1. The lowest BCUT2D eigenvalue weighted by Crippen LogP contribution is -2.23. The van der Waals surface area contributed by atoms with Crippen molar-refractivity contribution in [3.05, 3.63) is 96.1 Å². The average Bonchev–Trinajstić information content (AvgIpc) is 3.35. The van der Waals surface area contributed by atoms with E-state index in [9.17, 15) is 4.79 Å². The smallest absolute Gasteiger partial charge is 0.255 e. The van der Waals surface area contributed by atoms with Gasteiger partial charge in [-0.3, -0.25) is 4.79 Å². The summed E-state index contributed by atoms with van der Waals surface area (Å²) in [7, 11) is 0. The molecule has 0 bridgehead atoms. The molecule has 4 rings (SSSR count). The molecule has 0 aliphatic carbocycles. The zero-order valence-electron chi connectivity index (χ0n) is 14.9. The number of nitrogens with one attached hydrogen (secondary N) is 1. The average molecular weight is 357 g/mol. The van der Waals surface area contributed by atoms with Gasteiger partial charge in [-0.25, -0.2) is 4.68 Å². The van der Waals surface area contributed by atoms with E-state index in [-0.39, 0.29) is 5.91 Å². The highest BCUT2D eigenvalue weighted by atomic mass is 16.3. The molecule has 0 radical (unpaired) electrons. The minimum atomic E-state index is -0.176. The van der Waals surface area contributed by atoms with Gasteiger partial charge >= 0.3 is 0 Å². The third kappa shape index (κ3) is 3.40. The lowest BCUT2D eigenvalue weighted by molar-refractivity contribution is 0.0948. The Bertz CT molecular complexity index is 1040. The second-order valence-electron chi connectivity index (χ2n) is 6.18. The lowest BCUT2D eigenvalue weighted by Gasteiger charge is -2.10. The zero-order chi connectivity index (χ0) is 18.6. The van der Waals surface area contributed by atoms with Gasteiger partial charge in [0.15, 0.2) is 0 Å². The first-order valence-electron chi connectivity index (χ1n) is 8.75.